The first-order valence-electron chi connectivity index (χ1n) is 9.08. The lowest BCUT2D eigenvalue weighted by Crippen LogP contribution is -2.35. The second kappa shape index (κ2) is 7.85. The van der Waals surface area contributed by atoms with Gasteiger partial charge in [0.15, 0.2) is 0 Å². The maximum Gasteiger partial charge on any atom is 0.264 e. The summed E-state index contributed by atoms with van der Waals surface area (Å²) in [5, 5.41) is 2.88. The van der Waals surface area contributed by atoms with Gasteiger partial charge in [0.25, 0.3) is 15.9 Å². The zero-order valence-corrected chi connectivity index (χ0v) is 16.9. The number of halogens is 1. The number of hydrogen-bond donors (Lipinski definition) is 1. The number of sulfonamides is 1. The van der Waals surface area contributed by atoms with Crippen LogP contribution in [0.4, 0.5) is 11.4 Å². The number of anilines is 2. The molecule has 1 aromatic heterocycles. The van der Waals surface area contributed by atoms with Gasteiger partial charge in [-0.3, -0.25) is 14.1 Å². The van der Waals surface area contributed by atoms with Crippen LogP contribution in [-0.2, 0) is 16.4 Å². The molecule has 1 amide bonds. The molecule has 3 aromatic rings. The fourth-order valence-electron chi connectivity index (χ4n) is 3.35. The van der Waals surface area contributed by atoms with Crippen molar-refractivity contribution >= 4 is 38.9 Å². The van der Waals surface area contributed by atoms with Crippen molar-refractivity contribution in [3.63, 3.8) is 0 Å². The minimum atomic E-state index is -3.84. The minimum Gasteiger partial charge on any atom is -0.322 e. The van der Waals surface area contributed by atoms with Crippen molar-refractivity contribution in [2.75, 3.05) is 16.2 Å². The summed E-state index contributed by atoms with van der Waals surface area (Å²) in [4.78, 5) is 16.6. The van der Waals surface area contributed by atoms with E-state index in [1.54, 1.807) is 30.6 Å². The molecule has 1 N–H and O–H groups in total. The van der Waals surface area contributed by atoms with Crippen LogP contribution < -0.4 is 9.62 Å². The Balaban J connectivity index is 1.69. The molecule has 0 radical (unpaired) electrons. The average molecular weight is 428 g/mol. The third kappa shape index (κ3) is 3.83. The number of rotatable bonds is 4. The number of para-hydroxylation sites is 1. The molecule has 0 bridgehead atoms. The van der Waals surface area contributed by atoms with Gasteiger partial charge < -0.3 is 5.32 Å². The first-order chi connectivity index (χ1) is 14.0. The third-order valence-corrected chi connectivity index (χ3v) is 6.92. The molecular weight excluding hydrogens is 410 g/mol. The average Bonchev–Trinajstić information content (AvgIpc) is 2.74. The maximum atomic E-state index is 13.3. The Labute approximate surface area is 174 Å². The summed E-state index contributed by atoms with van der Waals surface area (Å²) in [6, 6.07) is 14.9. The monoisotopic (exact) mass is 427 g/mol. The van der Waals surface area contributed by atoms with Crippen molar-refractivity contribution in [2.24, 2.45) is 0 Å². The fraction of sp³-hybridized carbons (Fsp3) is 0.143. The molecule has 0 unspecified atom stereocenters. The summed E-state index contributed by atoms with van der Waals surface area (Å²) in [5.74, 6) is -0.489. The highest BCUT2D eigenvalue weighted by Gasteiger charge is 2.29. The Hall–Kier alpha value is -2.90. The highest BCUT2D eigenvalue weighted by molar-refractivity contribution is 7.92. The number of hydrogen-bond acceptors (Lipinski definition) is 4. The molecule has 8 heteroatoms. The van der Waals surface area contributed by atoms with Crippen molar-refractivity contribution in [3.05, 3.63) is 83.1 Å². The van der Waals surface area contributed by atoms with Gasteiger partial charge >= 0.3 is 0 Å². The van der Waals surface area contributed by atoms with Gasteiger partial charge in [-0.2, -0.15) is 0 Å². The van der Waals surface area contributed by atoms with E-state index in [0.717, 1.165) is 18.4 Å². The molecule has 2 heterocycles. The fourth-order valence-corrected chi connectivity index (χ4v) is 5.12. The number of aryl methyl sites for hydroxylation is 1. The van der Waals surface area contributed by atoms with Gasteiger partial charge in [-0.25, -0.2) is 8.42 Å². The molecule has 4 rings (SSSR count). The van der Waals surface area contributed by atoms with E-state index in [2.05, 4.69) is 10.3 Å². The van der Waals surface area contributed by atoms with Crippen LogP contribution in [0, 0.1) is 0 Å². The topological polar surface area (TPSA) is 79.4 Å². The summed E-state index contributed by atoms with van der Waals surface area (Å²) in [5.41, 5.74) is 2.30. The van der Waals surface area contributed by atoms with Crippen LogP contribution in [0.15, 0.2) is 71.9 Å². The second-order valence-corrected chi connectivity index (χ2v) is 8.91. The van der Waals surface area contributed by atoms with E-state index >= 15 is 0 Å². The number of carbonyl (C=O) groups is 1. The van der Waals surface area contributed by atoms with Crippen LogP contribution in [0.5, 0.6) is 0 Å². The lowest BCUT2D eigenvalue weighted by molar-refractivity contribution is 0.102. The molecule has 0 atom stereocenters. The van der Waals surface area contributed by atoms with Gasteiger partial charge in [0.1, 0.15) is 0 Å². The number of nitrogens with zero attached hydrogens (tertiary/aromatic N) is 2. The van der Waals surface area contributed by atoms with E-state index in [4.69, 9.17) is 11.6 Å². The molecule has 0 fully saturated rings. The van der Waals surface area contributed by atoms with Gasteiger partial charge in [-0.1, -0.05) is 29.8 Å². The molecule has 29 heavy (non-hydrogen) atoms. The number of aromatic nitrogens is 1. The number of pyridine rings is 1. The highest BCUT2D eigenvalue weighted by Crippen LogP contribution is 2.33. The maximum absolute atomic E-state index is 13.3. The Morgan fingerprint density at radius 2 is 1.83 bits per heavy atom. The zero-order chi connectivity index (χ0) is 20.4. The predicted octanol–water partition coefficient (Wildman–Crippen LogP) is 4.13. The lowest BCUT2D eigenvalue weighted by Gasteiger charge is -2.30. The summed E-state index contributed by atoms with van der Waals surface area (Å²) < 4.78 is 28.1. The quantitative estimate of drug-likeness (QED) is 0.679. The molecule has 148 valence electrons. The van der Waals surface area contributed by atoms with Crippen LogP contribution in [0.25, 0.3) is 0 Å². The molecule has 0 aliphatic carbocycles. The van der Waals surface area contributed by atoms with Crippen molar-refractivity contribution in [1.82, 2.24) is 4.98 Å². The van der Waals surface area contributed by atoms with Crippen LogP contribution >= 0.6 is 11.6 Å². The van der Waals surface area contributed by atoms with Crippen LogP contribution in [0.2, 0.25) is 5.02 Å². The SMILES string of the molecule is O=C(Nc1ccncc1)c1cc(S(=O)(=O)N2CCCc3ccccc32)ccc1Cl. The normalized spacial score (nSPS) is 13.6. The van der Waals surface area contributed by atoms with Gasteiger partial charge in [0.2, 0.25) is 0 Å². The van der Waals surface area contributed by atoms with Gasteiger partial charge in [-0.15, -0.1) is 0 Å². The smallest absolute Gasteiger partial charge is 0.264 e. The van der Waals surface area contributed by atoms with Crippen LogP contribution in [-0.4, -0.2) is 25.9 Å². The van der Waals surface area contributed by atoms with Gasteiger partial charge in [-0.05, 0) is 54.8 Å². The number of fused-ring (bicyclic) bond motifs is 1. The Kier molecular flexibility index (Phi) is 5.25. The molecule has 0 saturated carbocycles. The van der Waals surface area contributed by atoms with Crippen molar-refractivity contribution in [2.45, 2.75) is 17.7 Å². The summed E-state index contributed by atoms with van der Waals surface area (Å²) in [7, 11) is -3.84. The van der Waals surface area contributed by atoms with Crippen LogP contribution in [0.3, 0.4) is 0 Å². The molecule has 6 nitrogen and oxygen atoms in total. The molecule has 0 spiro atoms. The molecular formula is C21H18ClN3O3S. The largest absolute Gasteiger partial charge is 0.322 e. The van der Waals surface area contributed by atoms with Crippen molar-refractivity contribution < 1.29 is 13.2 Å². The Morgan fingerprint density at radius 3 is 2.62 bits per heavy atom. The van der Waals surface area contributed by atoms with Gasteiger partial charge in [0.05, 0.1) is 21.2 Å². The highest BCUT2D eigenvalue weighted by atomic mass is 35.5. The third-order valence-electron chi connectivity index (χ3n) is 4.78. The summed E-state index contributed by atoms with van der Waals surface area (Å²) in [6.07, 6.45) is 4.67. The number of carbonyl (C=O) groups excluding carboxylic acids is 1. The molecule has 1 aliphatic heterocycles. The van der Waals surface area contributed by atoms with Crippen molar-refractivity contribution in [3.8, 4) is 0 Å². The van der Waals surface area contributed by atoms with E-state index in [1.165, 1.54) is 22.5 Å². The first kappa shape index (κ1) is 19.4. The van der Waals surface area contributed by atoms with Gasteiger partial charge in [0, 0.05) is 24.6 Å². The standard InChI is InChI=1S/C21H18ClN3O3S/c22-19-8-7-17(14-18(19)21(26)24-16-9-11-23-12-10-16)29(27,28)25-13-3-5-15-4-1-2-6-20(15)25/h1-2,4,6-12,14H,3,5,13H2,(H,23,24,26). The molecule has 2 aromatic carbocycles. The predicted molar refractivity (Wildman–Crippen MR) is 113 cm³/mol. The van der Waals surface area contributed by atoms with E-state index in [-0.39, 0.29) is 15.5 Å². The summed E-state index contributed by atoms with van der Waals surface area (Å²) in [6.45, 7) is 0.389. The Bertz CT molecular complexity index is 1170. The summed E-state index contributed by atoms with van der Waals surface area (Å²) >= 11 is 6.19. The number of amides is 1. The number of benzene rings is 2. The van der Waals surface area contributed by atoms with E-state index in [9.17, 15) is 13.2 Å². The molecule has 0 saturated heterocycles. The Morgan fingerprint density at radius 1 is 1.07 bits per heavy atom. The molecule has 1 aliphatic rings. The lowest BCUT2D eigenvalue weighted by atomic mass is 10.0. The van der Waals surface area contributed by atoms with Crippen molar-refractivity contribution in [1.29, 1.82) is 0 Å². The van der Waals surface area contributed by atoms with Crippen LogP contribution in [0.1, 0.15) is 22.3 Å². The van der Waals surface area contributed by atoms with E-state index in [1.807, 2.05) is 18.2 Å². The first-order valence-corrected chi connectivity index (χ1v) is 10.9. The minimum absolute atomic E-state index is 0.0264. The zero-order valence-electron chi connectivity index (χ0n) is 15.4. The second-order valence-electron chi connectivity index (χ2n) is 6.64. The van der Waals surface area contributed by atoms with E-state index < -0.39 is 15.9 Å². The number of nitrogens with one attached hydrogen (secondary N) is 1. The van der Waals surface area contributed by atoms with E-state index in [0.29, 0.717) is 17.9 Å².